The van der Waals surface area contributed by atoms with Gasteiger partial charge < -0.3 is 0 Å². The fourth-order valence-electron chi connectivity index (χ4n) is 0.802. The van der Waals surface area contributed by atoms with Gasteiger partial charge in [0.15, 0.2) is 11.2 Å². The van der Waals surface area contributed by atoms with Gasteiger partial charge in [-0.3, -0.25) is 0 Å². The van der Waals surface area contributed by atoms with E-state index in [1.807, 2.05) is 0 Å². The van der Waals surface area contributed by atoms with E-state index in [2.05, 4.69) is 25.0 Å². The first-order valence-corrected chi connectivity index (χ1v) is 5.70. The van der Waals surface area contributed by atoms with Gasteiger partial charge in [-0.1, -0.05) is 24.0 Å². The molecule has 0 radical (unpaired) electrons. The minimum atomic E-state index is -0.734. The van der Waals surface area contributed by atoms with Gasteiger partial charge in [0.1, 0.15) is 13.2 Å². The zero-order valence-corrected chi connectivity index (χ0v) is 11.6. The Kier molecular flexibility index (Phi) is 7.56. The number of hydrogen-bond acceptors (Lipinski definition) is 4. The normalized spacial score (nSPS) is 11.6. The Bertz CT molecular complexity index is 290. The van der Waals surface area contributed by atoms with Crippen molar-refractivity contribution in [2.75, 3.05) is 13.2 Å². The lowest BCUT2D eigenvalue weighted by Crippen LogP contribution is -2.26. The van der Waals surface area contributed by atoms with E-state index in [1.165, 1.54) is 0 Å². The molecule has 0 rings (SSSR count). The van der Waals surface area contributed by atoms with Gasteiger partial charge in [-0.25, -0.2) is 19.6 Å². The second kappa shape index (κ2) is 8.06. The lowest BCUT2D eigenvalue weighted by molar-refractivity contribution is -0.333. The van der Waals surface area contributed by atoms with Gasteiger partial charge in [0.05, 0.1) is 0 Å². The Morgan fingerprint density at radius 1 is 0.833 bits per heavy atom. The Balaban J connectivity index is 4.32. The van der Waals surface area contributed by atoms with E-state index in [0.717, 1.165) is 0 Å². The summed E-state index contributed by atoms with van der Waals surface area (Å²) in [4.78, 5) is 20.1. The summed E-state index contributed by atoms with van der Waals surface area (Å²) in [6, 6.07) is 0. The summed E-state index contributed by atoms with van der Waals surface area (Å²) in [5, 5.41) is 0. The summed E-state index contributed by atoms with van der Waals surface area (Å²) in [6.45, 7) is 14.9. The summed E-state index contributed by atoms with van der Waals surface area (Å²) in [6.07, 6.45) is 3.19. The highest BCUT2D eigenvalue weighted by molar-refractivity contribution is 5.17. The molecule has 0 fully saturated rings. The highest BCUT2D eigenvalue weighted by Crippen LogP contribution is 2.12. The molecule has 0 N–H and O–H groups in total. The molecule has 0 amide bonds. The average molecular weight is 254 g/mol. The maximum Gasteiger partial charge on any atom is 0.158 e. The van der Waals surface area contributed by atoms with Crippen molar-refractivity contribution >= 4 is 0 Å². The van der Waals surface area contributed by atoms with Gasteiger partial charge in [0.25, 0.3) is 0 Å². The van der Waals surface area contributed by atoms with Crippen molar-refractivity contribution in [2.45, 2.75) is 38.9 Å². The second-order valence-electron chi connectivity index (χ2n) is 4.58. The van der Waals surface area contributed by atoms with Crippen molar-refractivity contribution < 1.29 is 19.6 Å². The molecule has 0 saturated heterocycles. The topological polar surface area (TPSA) is 36.9 Å². The first kappa shape index (κ1) is 16.9. The molecule has 0 aromatic carbocycles. The van der Waals surface area contributed by atoms with Crippen LogP contribution in [-0.4, -0.2) is 24.4 Å². The van der Waals surface area contributed by atoms with Gasteiger partial charge >= 0.3 is 0 Å². The van der Waals surface area contributed by atoms with Crippen LogP contribution >= 0.6 is 0 Å². The third-order valence-electron chi connectivity index (χ3n) is 1.57. The van der Waals surface area contributed by atoms with Crippen LogP contribution in [0.1, 0.15) is 27.7 Å². The van der Waals surface area contributed by atoms with Crippen LogP contribution in [0.15, 0.2) is 25.3 Å². The van der Waals surface area contributed by atoms with Gasteiger partial charge in [-0.15, -0.1) is 13.2 Å². The SMILES string of the molecule is C=CCOOC(C)(C)C#CC(C)(C)OOCC=C. The maximum atomic E-state index is 5.13. The fourth-order valence-corrected chi connectivity index (χ4v) is 0.802. The fraction of sp³-hybridized carbons (Fsp3) is 0.571. The van der Waals surface area contributed by atoms with Gasteiger partial charge in [0.2, 0.25) is 0 Å². The summed E-state index contributed by atoms with van der Waals surface area (Å²) < 4.78 is 0. The predicted molar refractivity (Wildman–Crippen MR) is 70.4 cm³/mol. The summed E-state index contributed by atoms with van der Waals surface area (Å²) in [5.74, 6) is 5.85. The zero-order valence-electron chi connectivity index (χ0n) is 11.6. The minimum absolute atomic E-state index is 0.313. The van der Waals surface area contributed by atoms with E-state index in [0.29, 0.717) is 13.2 Å². The molecule has 4 nitrogen and oxygen atoms in total. The van der Waals surface area contributed by atoms with E-state index in [9.17, 15) is 0 Å². The third-order valence-corrected chi connectivity index (χ3v) is 1.57. The van der Waals surface area contributed by atoms with Crippen LogP contribution in [0.2, 0.25) is 0 Å². The lowest BCUT2D eigenvalue weighted by Gasteiger charge is -2.19. The molecule has 0 aromatic rings. The molecule has 0 bridgehead atoms. The highest BCUT2D eigenvalue weighted by atomic mass is 17.2. The van der Waals surface area contributed by atoms with E-state index < -0.39 is 11.2 Å². The Labute approximate surface area is 109 Å². The van der Waals surface area contributed by atoms with Crippen LogP contribution in [0.3, 0.4) is 0 Å². The number of hydrogen-bond donors (Lipinski definition) is 0. The molecule has 0 saturated carbocycles. The van der Waals surface area contributed by atoms with E-state index in [1.54, 1.807) is 39.8 Å². The van der Waals surface area contributed by atoms with E-state index in [4.69, 9.17) is 19.6 Å². The molecule has 4 heteroatoms. The van der Waals surface area contributed by atoms with Gasteiger partial charge in [-0.2, -0.15) is 0 Å². The molecule has 0 aliphatic rings. The van der Waals surface area contributed by atoms with Crippen LogP contribution in [-0.2, 0) is 19.6 Å². The van der Waals surface area contributed by atoms with Crippen molar-refractivity contribution in [3.05, 3.63) is 25.3 Å². The van der Waals surface area contributed by atoms with Crippen molar-refractivity contribution in [3.8, 4) is 11.8 Å². The standard InChI is InChI=1S/C14H22O4/c1-7-11-15-17-13(3,4)9-10-14(5,6)18-16-12-8-2/h7-8H,1-2,11-12H2,3-6H3. The molecule has 18 heavy (non-hydrogen) atoms. The minimum Gasteiger partial charge on any atom is -0.231 e. The summed E-state index contributed by atoms with van der Waals surface area (Å²) in [7, 11) is 0. The Morgan fingerprint density at radius 2 is 1.17 bits per heavy atom. The van der Waals surface area contributed by atoms with Crippen LogP contribution in [0, 0.1) is 11.8 Å². The van der Waals surface area contributed by atoms with Crippen LogP contribution in [0.5, 0.6) is 0 Å². The molecule has 0 spiro atoms. The largest absolute Gasteiger partial charge is 0.231 e. The first-order chi connectivity index (χ1) is 8.33. The molecule has 0 aromatic heterocycles. The summed E-state index contributed by atoms with van der Waals surface area (Å²) >= 11 is 0. The average Bonchev–Trinajstić information content (AvgIpc) is 2.27. The Morgan fingerprint density at radius 3 is 1.44 bits per heavy atom. The van der Waals surface area contributed by atoms with Crippen molar-refractivity contribution in [2.24, 2.45) is 0 Å². The molecular weight excluding hydrogens is 232 g/mol. The molecular formula is C14H22O4. The first-order valence-electron chi connectivity index (χ1n) is 5.70. The highest BCUT2D eigenvalue weighted by Gasteiger charge is 2.20. The van der Waals surface area contributed by atoms with Gasteiger partial charge in [0, 0.05) is 0 Å². The van der Waals surface area contributed by atoms with Crippen molar-refractivity contribution in [1.82, 2.24) is 0 Å². The quantitative estimate of drug-likeness (QED) is 0.219. The van der Waals surface area contributed by atoms with Crippen LogP contribution in [0.4, 0.5) is 0 Å². The zero-order chi connectivity index (χ0) is 14.1. The van der Waals surface area contributed by atoms with Crippen molar-refractivity contribution in [1.29, 1.82) is 0 Å². The van der Waals surface area contributed by atoms with Crippen LogP contribution in [0.25, 0.3) is 0 Å². The van der Waals surface area contributed by atoms with E-state index in [-0.39, 0.29) is 0 Å². The molecule has 0 unspecified atom stereocenters. The maximum absolute atomic E-state index is 5.13. The van der Waals surface area contributed by atoms with Crippen molar-refractivity contribution in [3.63, 3.8) is 0 Å². The van der Waals surface area contributed by atoms with Crippen LogP contribution < -0.4 is 0 Å². The summed E-state index contributed by atoms with van der Waals surface area (Å²) in [5.41, 5.74) is -1.47. The predicted octanol–water partition coefficient (Wildman–Crippen LogP) is 2.82. The lowest BCUT2D eigenvalue weighted by atomic mass is 10.1. The molecule has 102 valence electrons. The second-order valence-corrected chi connectivity index (χ2v) is 4.58. The van der Waals surface area contributed by atoms with Gasteiger partial charge in [-0.05, 0) is 27.7 Å². The number of rotatable bonds is 8. The smallest absolute Gasteiger partial charge is 0.158 e. The molecule has 0 aliphatic carbocycles. The molecule has 0 heterocycles. The molecule has 0 aliphatic heterocycles. The van der Waals surface area contributed by atoms with E-state index >= 15 is 0 Å². The molecule has 0 atom stereocenters. The Hall–Kier alpha value is -1.12. The third kappa shape index (κ3) is 8.97. The monoisotopic (exact) mass is 254 g/mol.